The van der Waals surface area contributed by atoms with Gasteiger partial charge >= 0.3 is 0 Å². The zero-order valence-corrected chi connectivity index (χ0v) is 16.4. The van der Waals surface area contributed by atoms with Gasteiger partial charge in [-0.3, -0.25) is 4.79 Å². The lowest BCUT2D eigenvalue weighted by Gasteiger charge is -2.18. The minimum atomic E-state index is -0.193. The van der Waals surface area contributed by atoms with E-state index in [-0.39, 0.29) is 11.9 Å². The van der Waals surface area contributed by atoms with Crippen molar-refractivity contribution in [3.05, 3.63) is 83.9 Å². The second kappa shape index (κ2) is 9.09. The van der Waals surface area contributed by atoms with Gasteiger partial charge in [0.25, 0.3) is 0 Å². The average molecular weight is 375 g/mol. The number of hydrogen-bond acceptors (Lipinski definition) is 3. The van der Waals surface area contributed by atoms with Crippen LogP contribution in [-0.4, -0.2) is 20.1 Å². The summed E-state index contributed by atoms with van der Waals surface area (Å²) in [6, 6.07) is 23.7. The van der Waals surface area contributed by atoms with E-state index in [1.54, 1.807) is 14.2 Å². The Kier molecular flexibility index (Phi) is 6.33. The van der Waals surface area contributed by atoms with Gasteiger partial charge in [0.05, 0.1) is 26.7 Å². The predicted octanol–water partition coefficient (Wildman–Crippen LogP) is 4.79. The summed E-state index contributed by atoms with van der Waals surface area (Å²) in [5.74, 6) is 1.42. The van der Waals surface area contributed by atoms with Crippen molar-refractivity contribution in [1.82, 2.24) is 5.32 Å². The highest BCUT2D eigenvalue weighted by Crippen LogP contribution is 2.29. The first-order chi connectivity index (χ1) is 13.6. The van der Waals surface area contributed by atoms with Crippen molar-refractivity contribution in [1.29, 1.82) is 0 Å². The first kappa shape index (κ1) is 19.5. The summed E-state index contributed by atoms with van der Waals surface area (Å²) < 4.78 is 10.7. The lowest BCUT2D eigenvalue weighted by Crippen LogP contribution is -2.28. The number of hydrogen-bond donors (Lipinski definition) is 1. The Labute approximate surface area is 166 Å². The van der Waals surface area contributed by atoms with Gasteiger partial charge in [-0.15, -0.1) is 0 Å². The second-order valence-corrected chi connectivity index (χ2v) is 6.64. The van der Waals surface area contributed by atoms with Gasteiger partial charge in [-0.1, -0.05) is 54.6 Å². The van der Waals surface area contributed by atoms with Gasteiger partial charge in [0.15, 0.2) is 0 Å². The van der Waals surface area contributed by atoms with E-state index in [1.807, 2.05) is 67.6 Å². The molecule has 0 aromatic heterocycles. The van der Waals surface area contributed by atoms with Gasteiger partial charge < -0.3 is 14.8 Å². The Balaban J connectivity index is 1.65. The smallest absolute Gasteiger partial charge is 0.224 e. The molecular weight excluding hydrogens is 350 g/mol. The van der Waals surface area contributed by atoms with Gasteiger partial charge in [-0.25, -0.2) is 0 Å². The summed E-state index contributed by atoms with van der Waals surface area (Å²) in [5, 5.41) is 3.04. The molecule has 0 bridgehead atoms. The minimum absolute atomic E-state index is 0.0372. The molecule has 1 atom stereocenters. The zero-order chi connectivity index (χ0) is 19.9. The van der Waals surface area contributed by atoms with Crippen LogP contribution in [0, 0.1) is 0 Å². The number of carbonyl (C=O) groups excluding carboxylic acids is 1. The van der Waals surface area contributed by atoms with Gasteiger partial charge in [-0.05, 0) is 41.8 Å². The maximum atomic E-state index is 12.5. The van der Waals surface area contributed by atoms with Crippen LogP contribution in [0.3, 0.4) is 0 Å². The summed E-state index contributed by atoms with van der Waals surface area (Å²) in [4.78, 5) is 12.5. The highest BCUT2D eigenvalue weighted by Gasteiger charge is 2.15. The fourth-order valence-corrected chi connectivity index (χ4v) is 3.18. The number of methoxy groups -OCH3 is 2. The molecule has 0 fully saturated rings. The van der Waals surface area contributed by atoms with Crippen LogP contribution in [0.15, 0.2) is 72.8 Å². The van der Waals surface area contributed by atoms with Crippen LogP contribution >= 0.6 is 0 Å². The summed E-state index contributed by atoms with van der Waals surface area (Å²) in [5.41, 5.74) is 4.16. The van der Waals surface area contributed by atoms with Crippen molar-refractivity contribution in [3.63, 3.8) is 0 Å². The average Bonchev–Trinajstić information content (AvgIpc) is 2.74. The molecular formula is C24H25NO3. The standard InChI is InChI=1S/C24H25NO3/c1-17(22-16-21(27-2)13-14-23(22)28-3)25-24(26)15-18-9-11-20(12-10-18)19-7-5-4-6-8-19/h4-14,16-17H,15H2,1-3H3,(H,25,26)/t17-/m1/s1. The summed E-state index contributed by atoms with van der Waals surface area (Å²) in [6.07, 6.45) is 0.325. The third-order valence-corrected chi connectivity index (χ3v) is 4.71. The van der Waals surface area contributed by atoms with Crippen LogP contribution in [0.1, 0.15) is 24.1 Å². The highest BCUT2D eigenvalue weighted by molar-refractivity contribution is 5.79. The number of ether oxygens (including phenoxy) is 2. The van der Waals surface area contributed by atoms with E-state index in [9.17, 15) is 4.79 Å². The molecule has 0 radical (unpaired) electrons. The van der Waals surface area contributed by atoms with Gasteiger partial charge in [0, 0.05) is 5.56 Å². The molecule has 1 amide bonds. The number of benzene rings is 3. The molecule has 3 aromatic carbocycles. The van der Waals surface area contributed by atoms with E-state index < -0.39 is 0 Å². The van der Waals surface area contributed by atoms with Gasteiger partial charge in [-0.2, -0.15) is 0 Å². The van der Waals surface area contributed by atoms with Crippen LogP contribution in [-0.2, 0) is 11.2 Å². The van der Waals surface area contributed by atoms with E-state index in [1.165, 1.54) is 0 Å². The summed E-state index contributed by atoms with van der Waals surface area (Å²) in [7, 11) is 3.24. The van der Waals surface area contributed by atoms with E-state index in [0.29, 0.717) is 6.42 Å². The Bertz CT molecular complexity index is 920. The third-order valence-electron chi connectivity index (χ3n) is 4.71. The monoisotopic (exact) mass is 375 g/mol. The molecule has 0 heterocycles. The molecule has 0 aliphatic carbocycles. The number of amides is 1. The molecule has 144 valence electrons. The van der Waals surface area contributed by atoms with Gasteiger partial charge in [0.2, 0.25) is 5.91 Å². The molecule has 3 rings (SSSR count). The molecule has 28 heavy (non-hydrogen) atoms. The van der Waals surface area contributed by atoms with E-state index >= 15 is 0 Å². The highest BCUT2D eigenvalue weighted by atomic mass is 16.5. The summed E-state index contributed by atoms with van der Waals surface area (Å²) >= 11 is 0. The Hall–Kier alpha value is -3.27. The SMILES string of the molecule is COc1ccc(OC)c([C@@H](C)NC(=O)Cc2ccc(-c3ccccc3)cc2)c1. The number of rotatable bonds is 7. The quantitative estimate of drug-likeness (QED) is 0.646. The van der Waals surface area contributed by atoms with Crippen LogP contribution in [0.25, 0.3) is 11.1 Å². The molecule has 0 spiro atoms. The Morgan fingerprint density at radius 1 is 0.893 bits per heavy atom. The minimum Gasteiger partial charge on any atom is -0.497 e. The van der Waals surface area contributed by atoms with Crippen molar-refractivity contribution in [2.24, 2.45) is 0 Å². The maximum Gasteiger partial charge on any atom is 0.224 e. The molecule has 0 aliphatic heterocycles. The predicted molar refractivity (Wildman–Crippen MR) is 112 cm³/mol. The van der Waals surface area contributed by atoms with E-state index in [2.05, 4.69) is 17.4 Å². The van der Waals surface area contributed by atoms with Crippen molar-refractivity contribution >= 4 is 5.91 Å². The van der Waals surface area contributed by atoms with E-state index in [4.69, 9.17) is 9.47 Å². The molecule has 0 unspecified atom stereocenters. The first-order valence-corrected chi connectivity index (χ1v) is 9.26. The molecule has 3 aromatic rings. The fourth-order valence-electron chi connectivity index (χ4n) is 3.18. The van der Waals surface area contributed by atoms with Crippen molar-refractivity contribution in [2.45, 2.75) is 19.4 Å². The number of carbonyl (C=O) groups is 1. The Morgan fingerprint density at radius 2 is 1.57 bits per heavy atom. The topological polar surface area (TPSA) is 47.6 Å². The summed E-state index contributed by atoms with van der Waals surface area (Å²) in [6.45, 7) is 1.94. The molecule has 4 nitrogen and oxygen atoms in total. The largest absolute Gasteiger partial charge is 0.497 e. The van der Waals surface area contributed by atoms with Crippen LogP contribution in [0.2, 0.25) is 0 Å². The molecule has 0 aliphatic rings. The molecule has 1 N–H and O–H groups in total. The molecule has 0 saturated heterocycles. The second-order valence-electron chi connectivity index (χ2n) is 6.64. The first-order valence-electron chi connectivity index (χ1n) is 9.26. The molecule has 4 heteroatoms. The number of nitrogens with one attached hydrogen (secondary N) is 1. The van der Waals surface area contributed by atoms with Crippen LogP contribution in [0.5, 0.6) is 11.5 Å². The lowest BCUT2D eigenvalue weighted by atomic mass is 10.0. The van der Waals surface area contributed by atoms with Crippen molar-refractivity contribution < 1.29 is 14.3 Å². The fraction of sp³-hybridized carbons (Fsp3) is 0.208. The molecule has 0 saturated carbocycles. The van der Waals surface area contributed by atoms with Crippen LogP contribution in [0.4, 0.5) is 0 Å². The Morgan fingerprint density at radius 3 is 2.21 bits per heavy atom. The van der Waals surface area contributed by atoms with Crippen molar-refractivity contribution in [3.8, 4) is 22.6 Å². The van der Waals surface area contributed by atoms with Crippen molar-refractivity contribution in [2.75, 3.05) is 14.2 Å². The lowest BCUT2D eigenvalue weighted by molar-refractivity contribution is -0.121. The normalized spacial score (nSPS) is 11.5. The third kappa shape index (κ3) is 4.71. The van der Waals surface area contributed by atoms with Gasteiger partial charge in [0.1, 0.15) is 11.5 Å². The zero-order valence-electron chi connectivity index (χ0n) is 16.4. The van der Waals surface area contributed by atoms with E-state index in [0.717, 1.165) is 33.8 Å². The maximum absolute atomic E-state index is 12.5. The van der Waals surface area contributed by atoms with Crippen LogP contribution < -0.4 is 14.8 Å².